The molecule has 0 bridgehead atoms. The standard InChI is InChI=1S/C19H21ClN6/c1-3-26(4-2)14-8-5-12(6-9-14)17-15-11-13(20)7-10-16(15)23-19(24-17)25-18(21)22/h5-11H,3-4H2,1-2H3,(H4,21,22,23,24,25). The van der Waals surface area contributed by atoms with Crippen molar-refractivity contribution in [1.29, 1.82) is 0 Å². The predicted molar refractivity (Wildman–Crippen MR) is 109 cm³/mol. The number of nitrogens with two attached hydrogens (primary N) is 2. The molecule has 0 unspecified atom stereocenters. The number of hydrogen-bond acceptors (Lipinski definition) is 4. The minimum absolute atomic E-state index is 0.0823. The van der Waals surface area contributed by atoms with Gasteiger partial charge in [0, 0.05) is 34.7 Å². The molecule has 3 rings (SSSR count). The van der Waals surface area contributed by atoms with Crippen molar-refractivity contribution in [3.8, 4) is 11.3 Å². The predicted octanol–water partition coefficient (Wildman–Crippen LogP) is 3.70. The molecular weight excluding hydrogens is 348 g/mol. The van der Waals surface area contributed by atoms with Gasteiger partial charge in [0.2, 0.25) is 0 Å². The summed E-state index contributed by atoms with van der Waals surface area (Å²) in [6, 6.07) is 13.7. The maximum absolute atomic E-state index is 6.18. The van der Waals surface area contributed by atoms with Crippen molar-refractivity contribution in [2.75, 3.05) is 18.0 Å². The zero-order valence-corrected chi connectivity index (χ0v) is 15.5. The zero-order valence-electron chi connectivity index (χ0n) is 14.8. The van der Waals surface area contributed by atoms with Crippen LogP contribution in [0.3, 0.4) is 0 Å². The molecule has 0 fully saturated rings. The minimum Gasteiger partial charge on any atom is -0.372 e. The van der Waals surface area contributed by atoms with E-state index in [-0.39, 0.29) is 11.9 Å². The summed E-state index contributed by atoms with van der Waals surface area (Å²) in [6.45, 7) is 6.19. The highest BCUT2D eigenvalue weighted by molar-refractivity contribution is 6.31. The first-order valence-corrected chi connectivity index (χ1v) is 8.82. The molecule has 0 saturated carbocycles. The molecule has 0 atom stereocenters. The summed E-state index contributed by atoms with van der Waals surface area (Å²) in [5.74, 6) is 0.142. The van der Waals surface area contributed by atoms with Crippen molar-refractivity contribution >= 4 is 40.1 Å². The highest BCUT2D eigenvalue weighted by Crippen LogP contribution is 2.31. The molecule has 0 aliphatic rings. The van der Waals surface area contributed by atoms with Crippen LogP contribution in [0.25, 0.3) is 22.2 Å². The lowest BCUT2D eigenvalue weighted by molar-refractivity contribution is 0.866. The van der Waals surface area contributed by atoms with Gasteiger partial charge in [0.25, 0.3) is 5.95 Å². The Kier molecular flexibility index (Phi) is 5.23. The number of nitrogens with zero attached hydrogens (tertiary/aromatic N) is 4. The molecule has 0 aliphatic carbocycles. The van der Waals surface area contributed by atoms with Gasteiger partial charge in [-0.25, -0.2) is 9.97 Å². The number of fused-ring (bicyclic) bond motifs is 1. The second-order valence-corrected chi connectivity index (χ2v) is 6.23. The summed E-state index contributed by atoms with van der Waals surface area (Å²) in [6.07, 6.45) is 0. The highest BCUT2D eigenvalue weighted by Gasteiger charge is 2.11. The summed E-state index contributed by atoms with van der Waals surface area (Å²) < 4.78 is 0. The molecular formula is C19H21ClN6. The Morgan fingerprint density at radius 3 is 2.35 bits per heavy atom. The van der Waals surface area contributed by atoms with Gasteiger partial charge in [-0.3, -0.25) is 0 Å². The number of aliphatic imine (C=N–C) groups is 1. The van der Waals surface area contributed by atoms with Crippen LogP contribution in [0.1, 0.15) is 13.8 Å². The van der Waals surface area contributed by atoms with Crippen molar-refractivity contribution in [3.05, 3.63) is 47.5 Å². The van der Waals surface area contributed by atoms with Gasteiger partial charge >= 0.3 is 0 Å². The lowest BCUT2D eigenvalue weighted by atomic mass is 10.1. The number of rotatable bonds is 5. The van der Waals surface area contributed by atoms with Crippen LogP contribution in [0.5, 0.6) is 0 Å². The van der Waals surface area contributed by atoms with Gasteiger partial charge in [0.05, 0.1) is 11.2 Å². The van der Waals surface area contributed by atoms with Crippen LogP contribution in [0.4, 0.5) is 11.6 Å². The van der Waals surface area contributed by atoms with Gasteiger partial charge in [-0.05, 0) is 44.2 Å². The van der Waals surface area contributed by atoms with Crippen LogP contribution >= 0.6 is 11.6 Å². The van der Waals surface area contributed by atoms with Gasteiger partial charge in [0.15, 0.2) is 5.96 Å². The fourth-order valence-corrected chi connectivity index (χ4v) is 3.06. The van der Waals surface area contributed by atoms with Crippen LogP contribution in [0.2, 0.25) is 5.02 Å². The van der Waals surface area contributed by atoms with E-state index in [1.807, 2.05) is 24.3 Å². The van der Waals surface area contributed by atoms with Crippen molar-refractivity contribution in [2.45, 2.75) is 13.8 Å². The van der Waals surface area contributed by atoms with E-state index in [4.69, 9.17) is 23.1 Å². The average Bonchev–Trinajstić information content (AvgIpc) is 2.62. The largest absolute Gasteiger partial charge is 0.372 e. The molecule has 0 aliphatic heterocycles. The summed E-state index contributed by atoms with van der Waals surface area (Å²) in [4.78, 5) is 15.2. The quantitative estimate of drug-likeness (QED) is 0.529. The lowest BCUT2D eigenvalue weighted by Gasteiger charge is -2.21. The first-order valence-electron chi connectivity index (χ1n) is 8.44. The first-order chi connectivity index (χ1) is 12.5. The Bertz CT molecular complexity index is 944. The molecule has 0 radical (unpaired) electrons. The van der Waals surface area contributed by atoms with E-state index in [1.54, 1.807) is 6.07 Å². The molecule has 0 spiro atoms. The first kappa shape index (κ1) is 17.9. The van der Waals surface area contributed by atoms with Crippen molar-refractivity contribution in [3.63, 3.8) is 0 Å². The highest BCUT2D eigenvalue weighted by atomic mass is 35.5. The molecule has 1 heterocycles. The molecule has 0 saturated heterocycles. The van der Waals surface area contributed by atoms with Crippen molar-refractivity contribution in [1.82, 2.24) is 9.97 Å². The number of halogens is 1. The number of aromatic nitrogens is 2. The molecule has 26 heavy (non-hydrogen) atoms. The summed E-state index contributed by atoms with van der Waals surface area (Å²) >= 11 is 6.18. The van der Waals surface area contributed by atoms with Gasteiger partial charge in [-0.15, -0.1) is 0 Å². The normalized spacial score (nSPS) is 10.7. The molecule has 3 aromatic rings. The van der Waals surface area contributed by atoms with Gasteiger partial charge < -0.3 is 16.4 Å². The van der Waals surface area contributed by atoms with Crippen molar-refractivity contribution < 1.29 is 0 Å². The summed E-state index contributed by atoms with van der Waals surface area (Å²) in [5, 5.41) is 1.47. The topological polar surface area (TPSA) is 93.4 Å². The third kappa shape index (κ3) is 3.70. The molecule has 0 amide bonds. The molecule has 1 aromatic heterocycles. The lowest BCUT2D eigenvalue weighted by Crippen LogP contribution is -2.22. The molecule has 4 N–H and O–H groups in total. The maximum Gasteiger partial charge on any atom is 0.253 e. The van der Waals surface area contributed by atoms with Gasteiger partial charge in [0.1, 0.15) is 0 Å². The molecule has 7 heteroatoms. The van der Waals surface area contributed by atoms with Crippen LogP contribution in [-0.4, -0.2) is 29.0 Å². The zero-order chi connectivity index (χ0) is 18.7. The van der Waals surface area contributed by atoms with E-state index < -0.39 is 0 Å². The van der Waals surface area contributed by atoms with Crippen LogP contribution in [0, 0.1) is 0 Å². The summed E-state index contributed by atoms with van der Waals surface area (Å²) in [5.41, 5.74) is 14.6. The Morgan fingerprint density at radius 1 is 1.04 bits per heavy atom. The van der Waals surface area contributed by atoms with E-state index in [2.05, 4.69) is 45.8 Å². The average molecular weight is 369 g/mol. The molecule has 2 aromatic carbocycles. The monoisotopic (exact) mass is 368 g/mol. The third-order valence-electron chi connectivity index (χ3n) is 4.14. The molecule has 134 valence electrons. The Labute approximate surface area is 157 Å². The number of benzene rings is 2. The van der Waals surface area contributed by atoms with Gasteiger partial charge in [-0.2, -0.15) is 4.99 Å². The Balaban J connectivity index is 2.16. The number of anilines is 1. The van der Waals surface area contributed by atoms with E-state index >= 15 is 0 Å². The Morgan fingerprint density at radius 2 is 1.73 bits per heavy atom. The van der Waals surface area contributed by atoms with E-state index in [9.17, 15) is 0 Å². The van der Waals surface area contributed by atoms with Gasteiger partial charge in [-0.1, -0.05) is 23.7 Å². The SMILES string of the molecule is CCN(CC)c1ccc(-c2nc(N=C(N)N)nc3ccc(Cl)cc23)cc1. The minimum atomic E-state index is -0.0823. The fraction of sp³-hybridized carbons (Fsp3) is 0.211. The maximum atomic E-state index is 6.18. The van der Waals surface area contributed by atoms with E-state index in [0.29, 0.717) is 5.02 Å². The molecule has 6 nitrogen and oxygen atoms in total. The third-order valence-corrected chi connectivity index (χ3v) is 4.38. The van der Waals surface area contributed by atoms with Crippen LogP contribution in [0.15, 0.2) is 47.5 Å². The smallest absolute Gasteiger partial charge is 0.253 e. The second kappa shape index (κ2) is 7.58. The number of hydrogen-bond donors (Lipinski definition) is 2. The van der Waals surface area contributed by atoms with E-state index in [1.165, 1.54) is 5.69 Å². The Hall–Kier alpha value is -2.86. The second-order valence-electron chi connectivity index (χ2n) is 5.79. The fourth-order valence-electron chi connectivity index (χ4n) is 2.89. The van der Waals surface area contributed by atoms with Crippen LogP contribution in [-0.2, 0) is 0 Å². The van der Waals surface area contributed by atoms with Crippen LogP contribution < -0.4 is 16.4 Å². The van der Waals surface area contributed by atoms with E-state index in [0.717, 1.165) is 35.2 Å². The summed E-state index contributed by atoms with van der Waals surface area (Å²) in [7, 11) is 0. The van der Waals surface area contributed by atoms with Crippen molar-refractivity contribution in [2.24, 2.45) is 16.5 Å². The number of guanidine groups is 1.